The Labute approximate surface area is 194 Å². The van der Waals surface area contributed by atoms with E-state index in [1.807, 2.05) is 44.2 Å². The molecule has 33 heavy (non-hydrogen) atoms. The fraction of sp³-hybridized carbons (Fsp3) is 0.500. The lowest BCUT2D eigenvalue weighted by Crippen LogP contribution is -2.46. The SMILES string of the molecule is CCOCCCN(CC(=O)N(Cc1ccc2c(c1)OCO2)Cc1ccc(C)o1)C(=O)N(C)C. The number of urea groups is 1. The predicted molar refractivity (Wildman–Crippen MR) is 122 cm³/mol. The molecule has 3 rings (SSSR count). The first kappa shape index (κ1) is 24.4. The number of fused-ring (bicyclic) bond motifs is 1. The van der Waals surface area contributed by atoms with Gasteiger partial charge in [0.05, 0.1) is 6.54 Å². The largest absolute Gasteiger partial charge is 0.464 e. The lowest BCUT2D eigenvalue weighted by Gasteiger charge is -2.29. The second kappa shape index (κ2) is 11.6. The quantitative estimate of drug-likeness (QED) is 0.480. The Morgan fingerprint density at radius 2 is 1.82 bits per heavy atom. The van der Waals surface area contributed by atoms with E-state index in [1.54, 1.807) is 23.9 Å². The highest BCUT2D eigenvalue weighted by atomic mass is 16.7. The van der Waals surface area contributed by atoms with Crippen molar-refractivity contribution in [3.63, 3.8) is 0 Å². The maximum atomic E-state index is 13.4. The van der Waals surface area contributed by atoms with Gasteiger partial charge in [-0.1, -0.05) is 6.07 Å². The van der Waals surface area contributed by atoms with Crippen LogP contribution in [-0.4, -0.2) is 73.8 Å². The Morgan fingerprint density at radius 1 is 1.03 bits per heavy atom. The zero-order valence-electron chi connectivity index (χ0n) is 19.8. The van der Waals surface area contributed by atoms with Crippen molar-refractivity contribution in [1.29, 1.82) is 0 Å². The van der Waals surface area contributed by atoms with Crippen LogP contribution in [0.15, 0.2) is 34.7 Å². The number of carbonyl (C=O) groups excluding carboxylic acids is 2. The van der Waals surface area contributed by atoms with E-state index in [0.29, 0.717) is 56.5 Å². The zero-order valence-corrected chi connectivity index (χ0v) is 19.8. The van der Waals surface area contributed by atoms with Crippen LogP contribution < -0.4 is 9.47 Å². The van der Waals surface area contributed by atoms with Crippen LogP contribution in [0.25, 0.3) is 0 Å². The molecule has 0 radical (unpaired) electrons. The van der Waals surface area contributed by atoms with Gasteiger partial charge >= 0.3 is 6.03 Å². The molecule has 9 nitrogen and oxygen atoms in total. The van der Waals surface area contributed by atoms with E-state index in [0.717, 1.165) is 11.3 Å². The molecule has 3 amide bonds. The highest BCUT2D eigenvalue weighted by Gasteiger charge is 2.24. The van der Waals surface area contributed by atoms with Crippen LogP contribution in [0.2, 0.25) is 0 Å². The summed E-state index contributed by atoms with van der Waals surface area (Å²) in [4.78, 5) is 30.8. The minimum Gasteiger partial charge on any atom is -0.464 e. The third kappa shape index (κ3) is 6.89. The molecular formula is C24H33N3O6. The molecule has 0 bridgehead atoms. The summed E-state index contributed by atoms with van der Waals surface area (Å²) >= 11 is 0. The van der Waals surface area contributed by atoms with Crippen molar-refractivity contribution in [1.82, 2.24) is 14.7 Å². The fourth-order valence-electron chi connectivity index (χ4n) is 3.54. The zero-order chi connectivity index (χ0) is 23.8. The molecule has 180 valence electrons. The first-order valence-electron chi connectivity index (χ1n) is 11.1. The summed E-state index contributed by atoms with van der Waals surface area (Å²) in [6.45, 7) is 6.17. The molecule has 0 unspecified atom stereocenters. The molecule has 2 aromatic rings. The summed E-state index contributed by atoms with van der Waals surface area (Å²) in [6.07, 6.45) is 0.653. The molecule has 0 N–H and O–H groups in total. The molecule has 0 saturated heterocycles. The maximum absolute atomic E-state index is 13.4. The van der Waals surface area contributed by atoms with Crippen LogP contribution in [0.5, 0.6) is 11.5 Å². The fourth-order valence-corrected chi connectivity index (χ4v) is 3.54. The summed E-state index contributed by atoms with van der Waals surface area (Å²) in [7, 11) is 3.36. The minimum atomic E-state index is -0.211. The number of carbonyl (C=O) groups is 2. The van der Waals surface area contributed by atoms with E-state index in [-0.39, 0.29) is 25.3 Å². The van der Waals surface area contributed by atoms with Gasteiger partial charge in [0.25, 0.3) is 0 Å². The number of amides is 3. The monoisotopic (exact) mass is 459 g/mol. The smallest absolute Gasteiger partial charge is 0.319 e. The van der Waals surface area contributed by atoms with E-state index in [1.165, 1.54) is 4.90 Å². The van der Waals surface area contributed by atoms with Crippen LogP contribution in [-0.2, 0) is 22.6 Å². The molecule has 1 aromatic heterocycles. The summed E-state index contributed by atoms with van der Waals surface area (Å²) in [6, 6.07) is 9.14. The molecule has 0 saturated carbocycles. The third-order valence-electron chi connectivity index (χ3n) is 5.21. The van der Waals surface area contributed by atoms with E-state index < -0.39 is 0 Å². The van der Waals surface area contributed by atoms with Gasteiger partial charge in [-0.15, -0.1) is 0 Å². The van der Waals surface area contributed by atoms with Crippen LogP contribution in [0, 0.1) is 6.92 Å². The predicted octanol–water partition coefficient (Wildman–Crippen LogP) is 3.26. The van der Waals surface area contributed by atoms with Gasteiger partial charge in [0.15, 0.2) is 11.5 Å². The van der Waals surface area contributed by atoms with Gasteiger partial charge in [0, 0.05) is 40.4 Å². The van der Waals surface area contributed by atoms with Crippen molar-refractivity contribution in [2.45, 2.75) is 33.4 Å². The van der Waals surface area contributed by atoms with Gasteiger partial charge < -0.3 is 33.3 Å². The highest BCUT2D eigenvalue weighted by molar-refractivity contribution is 5.84. The number of nitrogens with zero attached hydrogens (tertiary/aromatic N) is 3. The van der Waals surface area contributed by atoms with Crippen molar-refractivity contribution < 1.29 is 28.2 Å². The molecule has 9 heteroatoms. The molecular weight excluding hydrogens is 426 g/mol. The number of rotatable bonds is 11. The maximum Gasteiger partial charge on any atom is 0.319 e. The van der Waals surface area contributed by atoms with Crippen LogP contribution >= 0.6 is 0 Å². The van der Waals surface area contributed by atoms with Crippen LogP contribution in [0.1, 0.15) is 30.4 Å². The van der Waals surface area contributed by atoms with Crippen molar-refractivity contribution >= 4 is 11.9 Å². The van der Waals surface area contributed by atoms with Crippen LogP contribution in [0.4, 0.5) is 4.79 Å². The van der Waals surface area contributed by atoms with Gasteiger partial charge in [-0.25, -0.2) is 4.79 Å². The van der Waals surface area contributed by atoms with Crippen molar-refractivity contribution in [2.24, 2.45) is 0 Å². The lowest BCUT2D eigenvalue weighted by molar-refractivity contribution is -0.133. The third-order valence-corrected chi connectivity index (χ3v) is 5.21. The Balaban J connectivity index is 1.75. The molecule has 0 fully saturated rings. The molecule has 1 aliphatic rings. The van der Waals surface area contributed by atoms with E-state index >= 15 is 0 Å². The summed E-state index contributed by atoms with van der Waals surface area (Å²) in [5, 5.41) is 0. The average molecular weight is 460 g/mol. The van der Waals surface area contributed by atoms with E-state index in [4.69, 9.17) is 18.6 Å². The Hall–Kier alpha value is -3.20. The first-order valence-corrected chi connectivity index (χ1v) is 11.1. The van der Waals surface area contributed by atoms with Gasteiger partial charge in [-0.3, -0.25) is 4.79 Å². The summed E-state index contributed by atoms with van der Waals surface area (Å²) in [5.41, 5.74) is 0.901. The molecule has 0 spiro atoms. The number of benzene rings is 1. The van der Waals surface area contributed by atoms with Crippen LogP contribution in [0.3, 0.4) is 0 Å². The lowest BCUT2D eigenvalue weighted by atomic mass is 10.2. The molecule has 0 atom stereocenters. The van der Waals surface area contributed by atoms with Gasteiger partial charge in [-0.2, -0.15) is 0 Å². The number of aryl methyl sites for hydroxylation is 1. The van der Waals surface area contributed by atoms with Gasteiger partial charge in [-0.05, 0) is 50.1 Å². The Kier molecular flexibility index (Phi) is 8.59. The van der Waals surface area contributed by atoms with Crippen molar-refractivity contribution in [3.05, 3.63) is 47.4 Å². The van der Waals surface area contributed by atoms with Gasteiger partial charge in [0.1, 0.15) is 18.1 Å². The Morgan fingerprint density at radius 3 is 2.52 bits per heavy atom. The second-order valence-electron chi connectivity index (χ2n) is 8.10. The number of furan rings is 1. The second-order valence-corrected chi connectivity index (χ2v) is 8.10. The van der Waals surface area contributed by atoms with E-state index in [2.05, 4.69) is 0 Å². The van der Waals surface area contributed by atoms with Gasteiger partial charge in [0.2, 0.25) is 12.7 Å². The topological polar surface area (TPSA) is 84.7 Å². The average Bonchev–Trinajstić information content (AvgIpc) is 3.42. The minimum absolute atomic E-state index is 0.0343. The Bertz CT molecular complexity index is 942. The molecule has 1 aromatic carbocycles. The van der Waals surface area contributed by atoms with Crippen molar-refractivity contribution in [3.8, 4) is 11.5 Å². The number of hydrogen-bond acceptors (Lipinski definition) is 6. The normalized spacial score (nSPS) is 12.0. The highest BCUT2D eigenvalue weighted by Crippen LogP contribution is 2.33. The number of ether oxygens (including phenoxy) is 3. The number of hydrogen-bond donors (Lipinski definition) is 0. The summed E-state index contributed by atoms with van der Waals surface area (Å²) < 4.78 is 22.0. The molecule has 0 aliphatic carbocycles. The van der Waals surface area contributed by atoms with E-state index in [9.17, 15) is 9.59 Å². The summed E-state index contributed by atoms with van der Waals surface area (Å²) in [5.74, 6) is 2.64. The first-order chi connectivity index (χ1) is 15.9. The molecule has 1 aliphatic heterocycles. The molecule has 2 heterocycles. The standard InChI is InChI=1S/C24H33N3O6/c1-5-30-12-6-11-26(24(29)25(3)4)16-23(28)27(15-20-9-7-18(2)33-20)14-19-8-10-21-22(13-19)32-17-31-21/h7-10,13H,5-6,11-12,14-17H2,1-4H3. The van der Waals surface area contributed by atoms with Crippen molar-refractivity contribution in [2.75, 3.05) is 47.2 Å².